The Morgan fingerprint density at radius 3 is 2.95 bits per heavy atom. The lowest BCUT2D eigenvalue weighted by atomic mass is 9.99. The fourth-order valence-electron chi connectivity index (χ4n) is 3.09. The van der Waals surface area contributed by atoms with Gasteiger partial charge in [0, 0.05) is 16.9 Å². The standard InChI is InChI=1S/C16H13ClN2/c1-10-8-12-6-7-15(17)18-16(12)14-9-11-4-2-3-5-13(11)19(10)14/h2-7,9-10H,8H2,1H3. The summed E-state index contributed by atoms with van der Waals surface area (Å²) in [7, 11) is 0. The van der Waals surface area contributed by atoms with Crippen LogP contribution >= 0.6 is 11.6 Å². The molecule has 2 nitrogen and oxygen atoms in total. The van der Waals surface area contributed by atoms with Gasteiger partial charge in [-0.2, -0.15) is 0 Å². The van der Waals surface area contributed by atoms with E-state index in [4.69, 9.17) is 11.6 Å². The number of hydrogen-bond donors (Lipinski definition) is 0. The zero-order valence-electron chi connectivity index (χ0n) is 10.6. The summed E-state index contributed by atoms with van der Waals surface area (Å²) in [6, 6.07) is 15.1. The van der Waals surface area contributed by atoms with Crippen molar-refractivity contribution in [2.24, 2.45) is 0 Å². The van der Waals surface area contributed by atoms with Crippen molar-refractivity contribution >= 4 is 22.5 Å². The van der Waals surface area contributed by atoms with Gasteiger partial charge in [-0.25, -0.2) is 4.98 Å². The van der Waals surface area contributed by atoms with Crippen molar-refractivity contribution in [3.8, 4) is 11.4 Å². The monoisotopic (exact) mass is 268 g/mol. The summed E-state index contributed by atoms with van der Waals surface area (Å²) in [5, 5.41) is 1.82. The number of rotatable bonds is 0. The highest BCUT2D eigenvalue weighted by Crippen LogP contribution is 2.38. The molecule has 3 aromatic rings. The number of hydrogen-bond acceptors (Lipinski definition) is 1. The maximum absolute atomic E-state index is 6.06. The van der Waals surface area contributed by atoms with Crippen molar-refractivity contribution in [3.63, 3.8) is 0 Å². The van der Waals surface area contributed by atoms with Gasteiger partial charge < -0.3 is 4.57 Å². The minimum absolute atomic E-state index is 0.449. The summed E-state index contributed by atoms with van der Waals surface area (Å²) in [6.45, 7) is 2.26. The molecule has 0 radical (unpaired) electrons. The topological polar surface area (TPSA) is 17.8 Å². The quantitative estimate of drug-likeness (QED) is 0.550. The zero-order chi connectivity index (χ0) is 13.0. The second-order valence-corrected chi connectivity index (χ2v) is 5.54. The van der Waals surface area contributed by atoms with Crippen molar-refractivity contribution in [1.29, 1.82) is 0 Å². The van der Waals surface area contributed by atoms with Crippen molar-refractivity contribution < 1.29 is 0 Å². The molecule has 0 N–H and O–H groups in total. The smallest absolute Gasteiger partial charge is 0.129 e. The predicted octanol–water partition coefficient (Wildman–Crippen LogP) is 4.47. The van der Waals surface area contributed by atoms with Crippen LogP contribution in [0.1, 0.15) is 18.5 Å². The number of pyridine rings is 1. The Hall–Kier alpha value is -1.80. The van der Waals surface area contributed by atoms with E-state index in [1.54, 1.807) is 0 Å². The maximum atomic E-state index is 6.06. The SMILES string of the molecule is CC1Cc2ccc(Cl)nc2-c2cc3ccccc3n21. The molecule has 94 valence electrons. The molecule has 3 heterocycles. The van der Waals surface area contributed by atoms with E-state index >= 15 is 0 Å². The summed E-state index contributed by atoms with van der Waals surface area (Å²) >= 11 is 6.06. The molecule has 0 saturated carbocycles. The van der Waals surface area contributed by atoms with Crippen LogP contribution in [-0.4, -0.2) is 9.55 Å². The first kappa shape index (κ1) is 11.1. The van der Waals surface area contributed by atoms with E-state index in [2.05, 4.69) is 52.9 Å². The third-order valence-electron chi connectivity index (χ3n) is 3.89. The van der Waals surface area contributed by atoms with Gasteiger partial charge >= 0.3 is 0 Å². The first-order valence-corrected chi connectivity index (χ1v) is 6.87. The molecule has 1 atom stereocenters. The van der Waals surface area contributed by atoms with Gasteiger partial charge in [0.25, 0.3) is 0 Å². The summed E-state index contributed by atoms with van der Waals surface area (Å²) in [4.78, 5) is 4.53. The molecule has 19 heavy (non-hydrogen) atoms. The molecule has 4 rings (SSSR count). The molecule has 1 aromatic carbocycles. The Bertz CT molecular complexity index is 789. The van der Waals surface area contributed by atoms with Crippen LogP contribution in [0.25, 0.3) is 22.3 Å². The van der Waals surface area contributed by atoms with Crippen molar-refractivity contribution in [2.75, 3.05) is 0 Å². The van der Waals surface area contributed by atoms with Crippen LogP contribution in [0.2, 0.25) is 5.15 Å². The highest BCUT2D eigenvalue weighted by Gasteiger charge is 2.24. The molecule has 2 aromatic heterocycles. The second kappa shape index (κ2) is 3.84. The second-order valence-electron chi connectivity index (χ2n) is 5.15. The number of benzene rings is 1. The van der Waals surface area contributed by atoms with Crippen LogP contribution < -0.4 is 0 Å². The normalized spacial score (nSPS) is 17.3. The first-order valence-electron chi connectivity index (χ1n) is 6.50. The Kier molecular flexibility index (Phi) is 2.24. The highest BCUT2D eigenvalue weighted by molar-refractivity contribution is 6.29. The zero-order valence-corrected chi connectivity index (χ0v) is 11.4. The molecule has 0 bridgehead atoms. The lowest BCUT2D eigenvalue weighted by Gasteiger charge is -2.25. The fourth-order valence-corrected chi connectivity index (χ4v) is 3.24. The molecule has 1 aliphatic heterocycles. The number of halogens is 1. The number of nitrogens with zero attached hydrogens (tertiary/aromatic N) is 2. The van der Waals surface area contributed by atoms with E-state index < -0.39 is 0 Å². The van der Waals surface area contributed by atoms with Gasteiger partial charge in [0.15, 0.2) is 0 Å². The number of aromatic nitrogens is 2. The van der Waals surface area contributed by atoms with Gasteiger partial charge in [-0.3, -0.25) is 0 Å². The highest BCUT2D eigenvalue weighted by atomic mass is 35.5. The number of fused-ring (bicyclic) bond motifs is 5. The predicted molar refractivity (Wildman–Crippen MR) is 78.6 cm³/mol. The third-order valence-corrected chi connectivity index (χ3v) is 4.10. The van der Waals surface area contributed by atoms with Crippen LogP contribution in [-0.2, 0) is 6.42 Å². The fraction of sp³-hybridized carbons (Fsp3) is 0.188. The van der Waals surface area contributed by atoms with Gasteiger partial charge in [-0.15, -0.1) is 0 Å². The molecule has 0 fully saturated rings. The number of para-hydroxylation sites is 1. The summed E-state index contributed by atoms with van der Waals surface area (Å²) < 4.78 is 2.38. The molecule has 0 aliphatic carbocycles. The molecular weight excluding hydrogens is 256 g/mol. The van der Waals surface area contributed by atoms with E-state index in [1.165, 1.54) is 22.2 Å². The van der Waals surface area contributed by atoms with Gasteiger partial charge in [-0.05, 0) is 37.1 Å². The lowest BCUT2D eigenvalue weighted by Crippen LogP contribution is -2.16. The Morgan fingerprint density at radius 1 is 1.21 bits per heavy atom. The largest absolute Gasteiger partial charge is 0.336 e. The average Bonchev–Trinajstić information content (AvgIpc) is 2.80. The van der Waals surface area contributed by atoms with Gasteiger partial charge in [-0.1, -0.05) is 35.9 Å². The summed E-state index contributed by atoms with van der Waals surface area (Å²) in [5.74, 6) is 0. The van der Waals surface area contributed by atoms with Crippen LogP contribution in [0.4, 0.5) is 0 Å². The molecule has 1 unspecified atom stereocenters. The van der Waals surface area contributed by atoms with Crippen LogP contribution in [0.15, 0.2) is 42.5 Å². The van der Waals surface area contributed by atoms with Gasteiger partial charge in [0.05, 0.1) is 11.4 Å². The van der Waals surface area contributed by atoms with E-state index in [-0.39, 0.29) is 0 Å². The Morgan fingerprint density at radius 2 is 2.05 bits per heavy atom. The van der Waals surface area contributed by atoms with Crippen molar-refractivity contribution in [3.05, 3.63) is 53.2 Å². The molecule has 0 saturated heterocycles. The van der Waals surface area contributed by atoms with Crippen molar-refractivity contribution in [2.45, 2.75) is 19.4 Å². The maximum Gasteiger partial charge on any atom is 0.129 e. The minimum atomic E-state index is 0.449. The van der Waals surface area contributed by atoms with Gasteiger partial charge in [0.1, 0.15) is 5.15 Å². The minimum Gasteiger partial charge on any atom is -0.336 e. The average molecular weight is 269 g/mol. The van der Waals surface area contributed by atoms with Crippen LogP contribution in [0, 0.1) is 0 Å². The van der Waals surface area contributed by atoms with E-state index in [0.29, 0.717) is 11.2 Å². The molecule has 3 heteroatoms. The van der Waals surface area contributed by atoms with E-state index in [0.717, 1.165) is 12.1 Å². The van der Waals surface area contributed by atoms with Crippen LogP contribution in [0.5, 0.6) is 0 Å². The lowest BCUT2D eigenvalue weighted by molar-refractivity contribution is 0.552. The molecular formula is C16H13ClN2. The third kappa shape index (κ3) is 1.53. The molecule has 0 spiro atoms. The summed E-state index contributed by atoms with van der Waals surface area (Å²) in [6.07, 6.45) is 1.01. The Labute approximate surface area is 116 Å². The van der Waals surface area contributed by atoms with Gasteiger partial charge in [0.2, 0.25) is 0 Å². The van der Waals surface area contributed by atoms with E-state index in [9.17, 15) is 0 Å². The summed E-state index contributed by atoms with van der Waals surface area (Å²) in [5.41, 5.74) is 4.77. The molecule has 1 aliphatic rings. The van der Waals surface area contributed by atoms with E-state index in [1.807, 2.05) is 6.07 Å². The van der Waals surface area contributed by atoms with Crippen molar-refractivity contribution in [1.82, 2.24) is 9.55 Å². The van der Waals surface area contributed by atoms with Crippen LogP contribution in [0.3, 0.4) is 0 Å². The first-order chi connectivity index (χ1) is 9.24. The molecule has 0 amide bonds. The Balaban J connectivity index is 2.11.